The first kappa shape index (κ1) is 17.3. The van der Waals surface area contributed by atoms with Gasteiger partial charge >= 0.3 is 18.9 Å². The molecule has 0 aromatic heterocycles. The van der Waals surface area contributed by atoms with Gasteiger partial charge in [0.05, 0.1) is 5.02 Å². The summed E-state index contributed by atoms with van der Waals surface area (Å²) < 4.78 is 32.9. The summed E-state index contributed by atoms with van der Waals surface area (Å²) in [5.41, 5.74) is 0. The summed E-state index contributed by atoms with van der Waals surface area (Å²) in [4.78, 5) is -0.244. The van der Waals surface area contributed by atoms with E-state index in [0.717, 1.165) is 21.5 Å². The van der Waals surface area contributed by atoms with Crippen molar-refractivity contribution in [2.75, 3.05) is 0 Å². The molecular weight excluding hydrogens is 339 g/mol. The van der Waals surface area contributed by atoms with Gasteiger partial charge < -0.3 is 1.43 Å². The molecule has 4 aromatic rings. The van der Waals surface area contributed by atoms with E-state index in [-0.39, 0.29) is 30.2 Å². The molecule has 0 amide bonds. The van der Waals surface area contributed by atoms with E-state index in [0.29, 0.717) is 10.8 Å². The second-order valence-electron chi connectivity index (χ2n) is 5.47. The fourth-order valence-electron chi connectivity index (χ4n) is 2.97. The summed E-state index contributed by atoms with van der Waals surface area (Å²) in [7, 11) is -4.40. The molecule has 0 aliphatic carbocycles. The molecule has 1 N–H and O–H groups in total. The monoisotopic (exact) mass is 350 g/mol. The zero-order chi connectivity index (χ0) is 16.2. The van der Waals surface area contributed by atoms with Crippen molar-refractivity contribution in [3.8, 4) is 0 Å². The van der Waals surface area contributed by atoms with Crippen LogP contribution in [0.15, 0.2) is 65.6 Å². The van der Waals surface area contributed by atoms with E-state index in [1.807, 2.05) is 36.4 Å². The van der Waals surface area contributed by atoms with Gasteiger partial charge in [-0.25, -0.2) is 0 Å². The van der Waals surface area contributed by atoms with Gasteiger partial charge in [-0.15, -0.1) is 0 Å². The average Bonchev–Trinajstić information content (AvgIpc) is 2.49. The van der Waals surface area contributed by atoms with Crippen molar-refractivity contribution in [3.63, 3.8) is 0 Å². The minimum Gasteiger partial charge on any atom is -1.00 e. The van der Waals surface area contributed by atoms with Gasteiger partial charge in [-0.3, -0.25) is 4.55 Å². The topological polar surface area (TPSA) is 54.4 Å². The molecule has 0 spiro atoms. The molecule has 4 aromatic carbocycles. The second kappa shape index (κ2) is 6.07. The quantitative estimate of drug-likeness (QED) is 0.325. The predicted octanol–water partition coefficient (Wildman–Crippen LogP) is 2.16. The van der Waals surface area contributed by atoms with Gasteiger partial charge in [0.1, 0.15) is 4.90 Å². The number of hydrogen-bond acceptors (Lipinski definition) is 2. The fraction of sp³-hybridized carbons (Fsp3) is 0. The molecular formula is C18H12ClLiO3S. The van der Waals surface area contributed by atoms with E-state index in [2.05, 4.69) is 6.07 Å². The maximum absolute atomic E-state index is 11.7. The zero-order valence-corrected chi connectivity index (χ0v) is 14.4. The van der Waals surface area contributed by atoms with Crippen molar-refractivity contribution in [3.05, 3.63) is 65.7 Å². The normalized spacial score (nSPS) is 11.8. The summed E-state index contributed by atoms with van der Waals surface area (Å²) >= 11 is 5.99. The van der Waals surface area contributed by atoms with Gasteiger partial charge in [-0.1, -0.05) is 41.9 Å². The third kappa shape index (κ3) is 2.81. The molecule has 0 bridgehead atoms. The molecule has 4 rings (SSSR count). The van der Waals surface area contributed by atoms with Crippen molar-refractivity contribution < 1.29 is 33.3 Å². The molecule has 116 valence electrons. The van der Waals surface area contributed by atoms with E-state index in [1.165, 1.54) is 6.07 Å². The van der Waals surface area contributed by atoms with Gasteiger partial charge in [-0.05, 0) is 57.3 Å². The maximum atomic E-state index is 11.7. The largest absolute Gasteiger partial charge is 1.00 e. The summed E-state index contributed by atoms with van der Waals surface area (Å²) in [5, 5.41) is 5.22. The van der Waals surface area contributed by atoms with Crippen molar-refractivity contribution in [1.29, 1.82) is 0 Å². The number of fused-ring (bicyclic) bond motifs is 3. The summed E-state index contributed by atoms with van der Waals surface area (Å²) in [6, 6.07) is 18.9. The molecule has 0 saturated carbocycles. The molecule has 3 nitrogen and oxygen atoms in total. The molecule has 0 radical (unpaired) electrons. The Bertz CT molecular complexity index is 1210. The fourth-order valence-corrected chi connectivity index (χ4v) is 4.20. The standard InChI is InChI=1S/C18H11ClO3S.Li.H/c19-17-6-5-13-9-14-7-11-3-1-2-4-12(11)8-15(14)10-16(13)18(17)23(20,21)22;;/h1-10H,(H,20,21,22);;/q;+1;-1. The van der Waals surface area contributed by atoms with E-state index in [9.17, 15) is 13.0 Å². The second-order valence-corrected chi connectivity index (χ2v) is 7.24. The van der Waals surface area contributed by atoms with Crippen LogP contribution in [0.4, 0.5) is 0 Å². The average molecular weight is 351 g/mol. The van der Waals surface area contributed by atoms with Crippen LogP contribution in [0.3, 0.4) is 0 Å². The van der Waals surface area contributed by atoms with Crippen molar-refractivity contribution in [1.82, 2.24) is 0 Å². The van der Waals surface area contributed by atoms with Crippen LogP contribution in [0.2, 0.25) is 5.02 Å². The molecule has 6 heteroatoms. The third-order valence-electron chi connectivity index (χ3n) is 4.00. The van der Waals surface area contributed by atoms with Gasteiger partial charge in [0.15, 0.2) is 0 Å². The molecule has 0 atom stereocenters. The summed E-state index contributed by atoms with van der Waals surface area (Å²) in [6.07, 6.45) is 0. The predicted molar refractivity (Wildman–Crippen MR) is 94.9 cm³/mol. The van der Waals surface area contributed by atoms with Crippen LogP contribution in [0.25, 0.3) is 32.3 Å². The molecule has 0 unspecified atom stereocenters. The van der Waals surface area contributed by atoms with Gasteiger partial charge in [0.25, 0.3) is 10.1 Å². The minimum atomic E-state index is -4.40. The first-order valence-corrected chi connectivity index (χ1v) is 8.77. The zero-order valence-electron chi connectivity index (χ0n) is 13.8. The van der Waals surface area contributed by atoms with Crippen molar-refractivity contribution in [2.45, 2.75) is 4.90 Å². The molecule has 0 heterocycles. The molecule has 0 fully saturated rings. The van der Waals surface area contributed by atoms with Crippen LogP contribution >= 0.6 is 11.6 Å². The van der Waals surface area contributed by atoms with Crippen LogP contribution in [0.5, 0.6) is 0 Å². The minimum absolute atomic E-state index is 0. The number of halogens is 1. The number of benzene rings is 4. The van der Waals surface area contributed by atoms with Crippen LogP contribution in [-0.2, 0) is 10.1 Å². The molecule has 0 aliphatic rings. The third-order valence-corrected chi connectivity index (χ3v) is 5.38. The molecule has 24 heavy (non-hydrogen) atoms. The first-order chi connectivity index (χ1) is 10.9. The number of hydrogen-bond donors (Lipinski definition) is 1. The van der Waals surface area contributed by atoms with Crippen molar-refractivity contribution in [2.24, 2.45) is 0 Å². The van der Waals surface area contributed by atoms with Crippen LogP contribution in [-0.4, -0.2) is 13.0 Å². The van der Waals surface area contributed by atoms with Crippen LogP contribution in [0, 0.1) is 0 Å². The smallest absolute Gasteiger partial charge is 1.00 e. The van der Waals surface area contributed by atoms with E-state index < -0.39 is 10.1 Å². The Balaban J connectivity index is 0.00000113. The van der Waals surface area contributed by atoms with Gasteiger partial charge in [0, 0.05) is 5.39 Å². The summed E-state index contributed by atoms with van der Waals surface area (Å²) in [6.45, 7) is 0. The summed E-state index contributed by atoms with van der Waals surface area (Å²) in [5.74, 6) is 0. The van der Waals surface area contributed by atoms with E-state index in [4.69, 9.17) is 11.6 Å². The SMILES string of the molecule is O=S(=O)(O)c1c(Cl)ccc2cc3cc4ccccc4cc3cc12.[H-].[Li+]. The Morgan fingerprint density at radius 3 is 1.92 bits per heavy atom. The van der Waals surface area contributed by atoms with Crippen LogP contribution in [0.1, 0.15) is 1.43 Å². The molecule has 0 saturated heterocycles. The van der Waals surface area contributed by atoms with Crippen LogP contribution < -0.4 is 18.9 Å². The van der Waals surface area contributed by atoms with E-state index >= 15 is 0 Å². The Morgan fingerprint density at radius 1 is 0.792 bits per heavy atom. The Kier molecular flexibility index (Phi) is 4.37. The maximum Gasteiger partial charge on any atom is 1.00 e. The molecule has 0 aliphatic heterocycles. The Hall–Kier alpha value is -1.54. The van der Waals surface area contributed by atoms with Crippen molar-refractivity contribution >= 4 is 54.0 Å². The number of rotatable bonds is 1. The Morgan fingerprint density at radius 2 is 1.33 bits per heavy atom. The van der Waals surface area contributed by atoms with Gasteiger partial charge in [-0.2, -0.15) is 8.42 Å². The van der Waals surface area contributed by atoms with Gasteiger partial charge in [0.2, 0.25) is 0 Å². The first-order valence-electron chi connectivity index (χ1n) is 6.96. The van der Waals surface area contributed by atoms with E-state index in [1.54, 1.807) is 12.1 Å². The Labute approximate surface area is 157 Å².